The lowest BCUT2D eigenvalue weighted by molar-refractivity contribution is 0.334. The molecular weight excluding hydrogens is 238 g/mol. The number of nitrogens with zero attached hydrogens (tertiary/aromatic N) is 2. The minimum atomic E-state index is 0.0146. The number of rotatable bonds is 5. The van der Waals surface area contributed by atoms with Gasteiger partial charge in [0.15, 0.2) is 0 Å². The first-order valence-corrected chi connectivity index (χ1v) is 6.84. The van der Waals surface area contributed by atoms with Gasteiger partial charge in [0.1, 0.15) is 0 Å². The highest BCUT2D eigenvalue weighted by molar-refractivity contribution is 5.54. The summed E-state index contributed by atoms with van der Waals surface area (Å²) in [5, 5.41) is 4.05. The summed E-state index contributed by atoms with van der Waals surface area (Å²) in [5.41, 5.74) is 8.22. The molecule has 2 rings (SSSR count). The third-order valence-electron chi connectivity index (χ3n) is 3.45. The first-order valence-electron chi connectivity index (χ1n) is 6.84. The van der Waals surface area contributed by atoms with Crippen molar-refractivity contribution >= 4 is 0 Å². The van der Waals surface area contributed by atoms with Crippen molar-refractivity contribution in [1.29, 1.82) is 0 Å². The average molecular weight is 259 g/mol. The van der Waals surface area contributed by atoms with Crippen molar-refractivity contribution in [2.24, 2.45) is 5.73 Å². The molecule has 2 unspecified atom stereocenters. The normalized spacial score (nSPS) is 14.3. The molecule has 0 bridgehead atoms. The third-order valence-corrected chi connectivity index (χ3v) is 3.45. The van der Waals surface area contributed by atoms with E-state index in [1.807, 2.05) is 19.1 Å². The molecule has 4 heteroatoms. The van der Waals surface area contributed by atoms with E-state index in [1.54, 1.807) is 0 Å². The first kappa shape index (κ1) is 13.7. The van der Waals surface area contributed by atoms with Crippen LogP contribution in [0.2, 0.25) is 0 Å². The molecule has 2 N–H and O–H groups in total. The highest BCUT2D eigenvalue weighted by Gasteiger charge is 2.21. The fourth-order valence-electron chi connectivity index (χ4n) is 2.16. The van der Waals surface area contributed by atoms with Gasteiger partial charge in [0.05, 0.1) is 5.92 Å². The van der Waals surface area contributed by atoms with Crippen molar-refractivity contribution < 1.29 is 4.52 Å². The van der Waals surface area contributed by atoms with E-state index in [-0.39, 0.29) is 12.0 Å². The van der Waals surface area contributed by atoms with E-state index in [0.29, 0.717) is 11.7 Å². The summed E-state index contributed by atoms with van der Waals surface area (Å²) in [6.45, 7) is 6.18. The van der Waals surface area contributed by atoms with Crippen LogP contribution in [0.25, 0.3) is 11.4 Å². The quantitative estimate of drug-likeness (QED) is 0.895. The molecule has 2 aromatic rings. The predicted octanol–water partition coefficient (Wildman–Crippen LogP) is 3.14. The van der Waals surface area contributed by atoms with Gasteiger partial charge in [-0.05, 0) is 25.3 Å². The summed E-state index contributed by atoms with van der Waals surface area (Å²) < 4.78 is 5.35. The first-order chi connectivity index (χ1) is 9.15. The van der Waals surface area contributed by atoms with Gasteiger partial charge in [-0.3, -0.25) is 0 Å². The van der Waals surface area contributed by atoms with Crippen LogP contribution < -0.4 is 5.73 Å². The Bertz CT molecular complexity index is 516. The molecule has 4 nitrogen and oxygen atoms in total. The topological polar surface area (TPSA) is 64.9 Å². The summed E-state index contributed by atoms with van der Waals surface area (Å²) in [5.74, 6) is 1.39. The number of aromatic nitrogens is 2. The Morgan fingerprint density at radius 3 is 2.42 bits per heavy atom. The molecule has 102 valence electrons. The summed E-state index contributed by atoms with van der Waals surface area (Å²) in [6, 6.07) is 8.25. The molecular formula is C15H21N3O. The Balaban J connectivity index is 2.24. The van der Waals surface area contributed by atoms with E-state index in [9.17, 15) is 0 Å². The molecule has 19 heavy (non-hydrogen) atoms. The van der Waals surface area contributed by atoms with Gasteiger partial charge in [-0.25, -0.2) is 0 Å². The molecule has 2 atom stereocenters. The maximum Gasteiger partial charge on any atom is 0.231 e. The summed E-state index contributed by atoms with van der Waals surface area (Å²) in [4.78, 5) is 4.47. The van der Waals surface area contributed by atoms with Crippen LogP contribution in [0.15, 0.2) is 28.8 Å². The van der Waals surface area contributed by atoms with Crippen LogP contribution in [-0.4, -0.2) is 16.2 Å². The lowest BCUT2D eigenvalue weighted by Crippen LogP contribution is -2.24. The van der Waals surface area contributed by atoms with E-state index < -0.39 is 0 Å². The largest absolute Gasteiger partial charge is 0.339 e. The van der Waals surface area contributed by atoms with Crippen molar-refractivity contribution in [2.45, 2.75) is 45.6 Å². The van der Waals surface area contributed by atoms with E-state index in [4.69, 9.17) is 10.3 Å². The minimum Gasteiger partial charge on any atom is -0.339 e. The maximum absolute atomic E-state index is 5.94. The van der Waals surface area contributed by atoms with Crippen LogP contribution in [-0.2, 0) is 6.42 Å². The van der Waals surface area contributed by atoms with E-state index in [1.165, 1.54) is 5.56 Å². The molecule has 0 aliphatic carbocycles. The van der Waals surface area contributed by atoms with Gasteiger partial charge in [-0.15, -0.1) is 0 Å². The maximum atomic E-state index is 5.94. The molecule has 0 amide bonds. The van der Waals surface area contributed by atoms with E-state index >= 15 is 0 Å². The van der Waals surface area contributed by atoms with Crippen LogP contribution in [0.3, 0.4) is 0 Å². The Kier molecular flexibility index (Phi) is 4.32. The van der Waals surface area contributed by atoms with Crippen molar-refractivity contribution in [3.63, 3.8) is 0 Å². The Morgan fingerprint density at radius 2 is 1.89 bits per heavy atom. The number of nitrogens with two attached hydrogens (primary N) is 1. The van der Waals surface area contributed by atoms with Crippen LogP contribution in [0.4, 0.5) is 0 Å². The van der Waals surface area contributed by atoms with Gasteiger partial charge in [-0.1, -0.05) is 43.3 Å². The summed E-state index contributed by atoms with van der Waals surface area (Å²) >= 11 is 0. The van der Waals surface area contributed by atoms with Gasteiger partial charge < -0.3 is 10.3 Å². The molecule has 0 aliphatic heterocycles. The van der Waals surface area contributed by atoms with Gasteiger partial charge in [0.25, 0.3) is 0 Å². The molecule has 0 saturated heterocycles. The second-order valence-electron chi connectivity index (χ2n) is 4.88. The summed E-state index contributed by atoms with van der Waals surface area (Å²) in [6.07, 6.45) is 1.93. The number of aryl methyl sites for hydroxylation is 1. The molecule has 0 spiro atoms. The average Bonchev–Trinajstić information content (AvgIpc) is 2.89. The number of hydrogen-bond donors (Lipinski definition) is 1. The fourth-order valence-corrected chi connectivity index (χ4v) is 2.16. The Labute approximate surface area is 114 Å². The van der Waals surface area contributed by atoms with Gasteiger partial charge >= 0.3 is 0 Å². The zero-order valence-corrected chi connectivity index (χ0v) is 11.8. The van der Waals surface area contributed by atoms with Gasteiger partial charge in [-0.2, -0.15) is 4.98 Å². The highest BCUT2D eigenvalue weighted by atomic mass is 16.5. The van der Waals surface area contributed by atoms with Crippen LogP contribution in [0, 0.1) is 0 Å². The second kappa shape index (κ2) is 5.97. The van der Waals surface area contributed by atoms with Crippen molar-refractivity contribution in [3.8, 4) is 11.4 Å². The van der Waals surface area contributed by atoms with Crippen LogP contribution in [0.1, 0.15) is 44.6 Å². The molecule has 1 aromatic heterocycles. The number of benzene rings is 1. The minimum absolute atomic E-state index is 0.0146. The summed E-state index contributed by atoms with van der Waals surface area (Å²) in [7, 11) is 0. The third kappa shape index (κ3) is 3.01. The molecule has 0 fully saturated rings. The number of hydrogen-bond acceptors (Lipinski definition) is 4. The predicted molar refractivity (Wildman–Crippen MR) is 75.8 cm³/mol. The van der Waals surface area contributed by atoms with Crippen LogP contribution in [0.5, 0.6) is 0 Å². The van der Waals surface area contributed by atoms with Crippen LogP contribution >= 0.6 is 0 Å². The molecule has 0 radical (unpaired) electrons. The molecule has 0 saturated carbocycles. The Morgan fingerprint density at radius 1 is 1.21 bits per heavy atom. The van der Waals surface area contributed by atoms with Crippen molar-refractivity contribution in [2.75, 3.05) is 0 Å². The van der Waals surface area contributed by atoms with Gasteiger partial charge in [0, 0.05) is 11.6 Å². The fraction of sp³-hybridized carbons (Fsp3) is 0.467. The van der Waals surface area contributed by atoms with E-state index in [0.717, 1.165) is 18.4 Å². The van der Waals surface area contributed by atoms with E-state index in [2.05, 4.69) is 36.1 Å². The Hall–Kier alpha value is -1.68. The molecule has 0 aliphatic rings. The SMILES string of the molecule is CCc1ccc(-c2noc(C(CC)C(C)N)n2)cc1. The lowest BCUT2D eigenvalue weighted by atomic mass is 9.99. The second-order valence-corrected chi connectivity index (χ2v) is 4.88. The smallest absolute Gasteiger partial charge is 0.231 e. The molecule has 1 heterocycles. The highest BCUT2D eigenvalue weighted by Crippen LogP contribution is 2.24. The lowest BCUT2D eigenvalue weighted by Gasteiger charge is -2.13. The molecule has 1 aromatic carbocycles. The van der Waals surface area contributed by atoms with Crippen molar-refractivity contribution in [3.05, 3.63) is 35.7 Å². The zero-order chi connectivity index (χ0) is 13.8. The zero-order valence-electron chi connectivity index (χ0n) is 11.8. The van der Waals surface area contributed by atoms with Crippen molar-refractivity contribution in [1.82, 2.24) is 10.1 Å². The monoisotopic (exact) mass is 259 g/mol. The van der Waals surface area contributed by atoms with Gasteiger partial charge in [0.2, 0.25) is 11.7 Å². The standard InChI is InChI=1S/C15H21N3O/c1-4-11-6-8-12(9-7-11)14-17-15(19-18-14)13(5-2)10(3)16/h6-10,13H,4-5,16H2,1-3H3.